The average Bonchev–Trinajstić information content (AvgIpc) is 3.49. The van der Waals surface area contributed by atoms with Crippen molar-refractivity contribution in [1.82, 2.24) is 10.2 Å². The van der Waals surface area contributed by atoms with Crippen LogP contribution in [0.5, 0.6) is 0 Å². The van der Waals surface area contributed by atoms with Gasteiger partial charge in [0.25, 0.3) is 10.0 Å². The number of carbonyl (C=O) groups is 2. The molecule has 0 unspecified atom stereocenters. The van der Waals surface area contributed by atoms with Gasteiger partial charge in [-0.05, 0) is 61.4 Å². The van der Waals surface area contributed by atoms with Crippen molar-refractivity contribution < 1.29 is 18.0 Å². The van der Waals surface area contributed by atoms with E-state index in [1.807, 2.05) is 48.5 Å². The second-order valence-corrected chi connectivity index (χ2v) is 12.9. The number of rotatable bonds is 9. The summed E-state index contributed by atoms with van der Waals surface area (Å²) in [5, 5.41) is 4.73. The highest BCUT2D eigenvalue weighted by molar-refractivity contribution is 9.10. The first-order chi connectivity index (χ1) is 18.3. The van der Waals surface area contributed by atoms with Crippen molar-refractivity contribution in [3.8, 4) is 0 Å². The van der Waals surface area contributed by atoms with E-state index in [1.54, 1.807) is 24.0 Å². The van der Waals surface area contributed by atoms with E-state index in [0.717, 1.165) is 46.5 Å². The molecule has 200 valence electrons. The zero-order valence-electron chi connectivity index (χ0n) is 21.4. The molecule has 3 aromatic rings. The fourth-order valence-corrected chi connectivity index (χ4v) is 7.49. The molecule has 1 fully saturated rings. The van der Waals surface area contributed by atoms with E-state index >= 15 is 0 Å². The Bertz CT molecular complexity index is 1450. The Hall–Kier alpha value is -2.91. The Balaban J connectivity index is 1.29. The van der Waals surface area contributed by atoms with Crippen LogP contribution in [-0.4, -0.2) is 43.8 Å². The van der Waals surface area contributed by atoms with Crippen LogP contribution in [-0.2, 0) is 26.2 Å². The number of nitrogens with one attached hydrogen (secondary N) is 1. The Morgan fingerprint density at radius 2 is 1.74 bits per heavy atom. The summed E-state index contributed by atoms with van der Waals surface area (Å²) in [6.07, 6.45) is 4.64. The van der Waals surface area contributed by atoms with Crippen LogP contribution >= 0.6 is 15.9 Å². The third-order valence-corrected chi connectivity index (χ3v) is 9.95. The summed E-state index contributed by atoms with van der Waals surface area (Å²) in [5.74, 6) is -0.319. The molecule has 1 aliphatic carbocycles. The molecule has 38 heavy (non-hydrogen) atoms. The molecule has 0 aromatic heterocycles. The Morgan fingerprint density at radius 1 is 1.05 bits per heavy atom. The minimum absolute atomic E-state index is 0.135. The fraction of sp³-hybridized carbons (Fsp3) is 0.379. The fourth-order valence-electron chi connectivity index (χ4n) is 5.48. The van der Waals surface area contributed by atoms with E-state index in [1.165, 1.54) is 4.31 Å². The summed E-state index contributed by atoms with van der Waals surface area (Å²) in [5.41, 5.74) is 1.58. The van der Waals surface area contributed by atoms with Crippen LogP contribution < -0.4 is 9.62 Å². The lowest BCUT2D eigenvalue weighted by molar-refractivity contribution is -0.141. The number of nitrogens with zero attached hydrogens (tertiary/aromatic N) is 2. The summed E-state index contributed by atoms with van der Waals surface area (Å²) in [6, 6.07) is 18.1. The second-order valence-electron chi connectivity index (χ2n) is 10.1. The Morgan fingerprint density at radius 3 is 2.45 bits per heavy atom. The molecule has 0 saturated heterocycles. The summed E-state index contributed by atoms with van der Waals surface area (Å²) in [4.78, 5) is 28.5. The maximum atomic E-state index is 13.5. The number of halogens is 1. The highest BCUT2D eigenvalue weighted by Gasteiger charge is 2.35. The first-order valence-electron chi connectivity index (χ1n) is 13.1. The van der Waals surface area contributed by atoms with E-state index in [2.05, 4.69) is 21.2 Å². The topological polar surface area (TPSA) is 86.8 Å². The van der Waals surface area contributed by atoms with Gasteiger partial charge in [0.05, 0.1) is 10.6 Å². The standard InChI is InChI=1S/C29H32BrN3O4S/c1-20(29(35)31-24-9-2-3-10-24)32(19-21-14-16-23(30)17-15-21)27(34)13-6-18-33-25-11-4-7-22-8-5-12-26(28(22)25)38(33,36)37/h4-5,7-8,11-12,14-17,20,24H,2-3,6,9-10,13,18-19H2,1H3,(H,31,35)/t20-/m0/s1. The molecular weight excluding hydrogens is 566 g/mol. The van der Waals surface area contributed by atoms with Gasteiger partial charge in [0.15, 0.2) is 0 Å². The van der Waals surface area contributed by atoms with Gasteiger partial charge < -0.3 is 10.2 Å². The van der Waals surface area contributed by atoms with Gasteiger partial charge in [0.2, 0.25) is 11.8 Å². The lowest BCUT2D eigenvalue weighted by Crippen LogP contribution is -2.49. The predicted octanol–water partition coefficient (Wildman–Crippen LogP) is 5.37. The summed E-state index contributed by atoms with van der Waals surface area (Å²) in [6.45, 7) is 2.26. The van der Waals surface area contributed by atoms with Crippen LogP contribution in [0.1, 0.15) is 51.0 Å². The highest BCUT2D eigenvalue weighted by Crippen LogP contribution is 2.42. The van der Waals surface area contributed by atoms with Gasteiger partial charge in [0.1, 0.15) is 6.04 Å². The maximum absolute atomic E-state index is 13.5. The summed E-state index contributed by atoms with van der Waals surface area (Å²) >= 11 is 3.44. The molecular formula is C29H32BrN3O4S. The van der Waals surface area contributed by atoms with Crippen LogP contribution in [0.15, 0.2) is 70.0 Å². The van der Waals surface area contributed by atoms with E-state index in [0.29, 0.717) is 23.5 Å². The normalized spacial score (nSPS) is 17.1. The molecule has 9 heteroatoms. The van der Waals surface area contributed by atoms with E-state index in [4.69, 9.17) is 0 Å². The van der Waals surface area contributed by atoms with Gasteiger partial charge in [-0.1, -0.05) is 65.2 Å². The van der Waals surface area contributed by atoms with Gasteiger partial charge in [-0.2, -0.15) is 0 Å². The van der Waals surface area contributed by atoms with Crippen molar-refractivity contribution in [1.29, 1.82) is 0 Å². The van der Waals surface area contributed by atoms with Gasteiger partial charge in [0, 0.05) is 35.4 Å². The van der Waals surface area contributed by atoms with Crippen LogP contribution in [0.25, 0.3) is 10.8 Å². The SMILES string of the molecule is C[C@@H](C(=O)NC1CCCC1)N(Cc1ccc(Br)cc1)C(=O)CCCN1c2cccc3cccc(c23)S1(=O)=O. The average molecular weight is 599 g/mol. The largest absolute Gasteiger partial charge is 0.352 e. The third-order valence-electron chi connectivity index (χ3n) is 7.57. The van der Waals surface area contributed by atoms with Crippen LogP contribution in [0.4, 0.5) is 5.69 Å². The zero-order chi connectivity index (χ0) is 26.9. The molecule has 1 saturated carbocycles. The molecule has 7 nitrogen and oxygen atoms in total. The lowest BCUT2D eigenvalue weighted by Gasteiger charge is -2.30. The number of anilines is 1. The maximum Gasteiger partial charge on any atom is 0.265 e. The van der Waals surface area contributed by atoms with Crippen molar-refractivity contribution in [2.75, 3.05) is 10.8 Å². The molecule has 3 aromatic carbocycles. The minimum atomic E-state index is -3.67. The molecule has 0 bridgehead atoms. The van der Waals surface area contributed by atoms with Crippen LogP contribution in [0.3, 0.4) is 0 Å². The number of amides is 2. The third kappa shape index (κ3) is 5.31. The predicted molar refractivity (Wildman–Crippen MR) is 152 cm³/mol. The number of sulfonamides is 1. The van der Waals surface area contributed by atoms with Crippen molar-refractivity contribution in [2.24, 2.45) is 0 Å². The second kappa shape index (κ2) is 11.1. The Labute approximate surface area is 232 Å². The van der Waals surface area contributed by atoms with E-state index in [9.17, 15) is 18.0 Å². The van der Waals surface area contributed by atoms with Gasteiger partial charge >= 0.3 is 0 Å². The first kappa shape index (κ1) is 26.7. The van der Waals surface area contributed by atoms with Crippen molar-refractivity contribution in [2.45, 2.75) is 69.0 Å². The smallest absolute Gasteiger partial charge is 0.265 e. The van der Waals surface area contributed by atoms with Crippen LogP contribution in [0.2, 0.25) is 0 Å². The van der Waals surface area contributed by atoms with Gasteiger partial charge in [-0.3, -0.25) is 13.9 Å². The molecule has 0 spiro atoms. The number of benzene rings is 3. The molecule has 1 atom stereocenters. The van der Waals surface area contributed by atoms with Crippen molar-refractivity contribution in [3.05, 3.63) is 70.7 Å². The Kier molecular flexibility index (Phi) is 7.77. The first-order valence-corrected chi connectivity index (χ1v) is 15.4. The molecule has 5 rings (SSSR count). The highest BCUT2D eigenvalue weighted by atomic mass is 79.9. The molecule has 1 aliphatic heterocycles. The van der Waals surface area contributed by atoms with E-state index < -0.39 is 16.1 Å². The summed E-state index contributed by atoms with van der Waals surface area (Å²) in [7, 11) is -3.67. The zero-order valence-corrected chi connectivity index (χ0v) is 23.8. The number of hydrogen-bond donors (Lipinski definition) is 1. The number of carbonyl (C=O) groups excluding carboxylic acids is 2. The molecule has 1 heterocycles. The minimum Gasteiger partial charge on any atom is -0.352 e. The quantitative estimate of drug-likeness (QED) is 0.359. The molecule has 0 radical (unpaired) electrons. The monoisotopic (exact) mass is 597 g/mol. The van der Waals surface area contributed by atoms with Crippen molar-refractivity contribution in [3.63, 3.8) is 0 Å². The molecule has 2 amide bonds. The van der Waals surface area contributed by atoms with Gasteiger partial charge in [-0.15, -0.1) is 0 Å². The lowest BCUT2D eigenvalue weighted by atomic mass is 10.1. The van der Waals surface area contributed by atoms with Crippen LogP contribution in [0, 0.1) is 0 Å². The summed E-state index contributed by atoms with van der Waals surface area (Å²) < 4.78 is 28.9. The molecule has 1 N–H and O–H groups in total. The number of hydrogen-bond acceptors (Lipinski definition) is 4. The van der Waals surface area contributed by atoms with Gasteiger partial charge in [-0.25, -0.2) is 8.42 Å². The van der Waals surface area contributed by atoms with Crippen molar-refractivity contribution >= 4 is 54.2 Å². The van der Waals surface area contributed by atoms with E-state index in [-0.39, 0.29) is 30.8 Å². The molecule has 2 aliphatic rings.